The first-order chi connectivity index (χ1) is 12.7. The first-order valence-electron chi connectivity index (χ1n) is 8.72. The third-order valence-corrected chi connectivity index (χ3v) is 4.08. The Hall–Kier alpha value is -3.09. The molecule has 3 aromatic rings. The van der Waals surface area contributed by atoms with E-state index >= 15 is 0 Å². The van der Waals surface area contributed by atoms with E-state index in [0.29, 0.717) is 6.54 Å². The fourth-order valence-corrected chi connectivity index (χ4v) is 2.73. The molecule has 1 aromatic carbocycles. The molecule has 7 heteroatoms. The summed E-state index contributed by atoms with van der Waals surface area (Å²) in [4.78, 5) is 4.29. The highest BCUT2D eigenvalue weighted by molar-refractivity contribution is 5.79. The molecule has 3 rings (SSSR count). The van der Waals surface area contributed by atoms with Crippen molar-refractivity contribution >= 4 is 5.96 Å². The second-order valence-electron chi connectivity index (χ2n) is 6.11. The van der Waals surface area contributed by atoms with Crippen molar-refractivity contribution in [3.05, 3.63) is 71.8 Å². The van der Waals surface area contributed by atoms with Gasteiger partial charge in [-0.2, -0.15) is 10.2 Å². The van der Waals surface area contributed by atoms with Crippen LogP contribution in [-0.4, -0.2) is 39.1 Å². The molecule has 0 aliphatic heterocycles. The number of hydrogen-bond donors (Lipinski definition) is 2. The van der Waals surface area contributed by atoms with E-state index in [9.17, 15) is 0 Å². The summed E-state index contributed by atoms with van der Waals surface area (Å²) in [5.41, 5.74) is 3.64. The highest BCUT2D eigenvalue weighted by Crippen LogP contribution is 2.10. The zero-order valence-electron chi connectivity index (χ0n) is 15.3. The normalized spacial score (nSPS) is 11.5. The van der Waals surface area contributed by atoms with Crippen molar-refractivity contribution in [3.8, 4) is 0 Å². The third kappa shape index (κ3) is 4.95. The van der Waals surface area contributed by atoms with Crippen LogP contribution in [0.1, 0.15) is 16.7 Å². The summed E-state index contributed by atoms with van der Waals surface area (Å²) >= 11 is 0. The van der Waals surface area contributed by atoms with E-state index in [0.717, 1.165) is 25.6 Å². The molecule has 2 aromatic heterocycles. The number of aliphatic imine (C=N–C) groups is 1. The predicted octanol–water partition coefficient (Wildman–Crippen LogP) is 1.80. The highest BCUT2D eigenvalue weighted by atomic mass is 15.3. The van der Waals surface area contributed by atoms with Crippen molar-refractivity contribution < 1.29 is 0 Å². The maximum atomic E-state index is 4.29. The van der Waals surface area contributed by atoms with Gasteiger partial charge in [0.25, 0.3) is 0 Å². The monoisotopic (exact) mass is 351 g/mol. The SMILES string of the molecule is CN=C(NCCn1cc(C)cn1)NCc1ccccc1Cn1cccn1. The van der Waals surface area contributed by atoms with E-state index in [4.69, 9.17) is 0 Å². The maximum Gasteiger partial charge on any atom is 0.191 e. The van der Waals surface area contributed by atoms with Crippen LogP contribution in [-0.2, 0) is 19.6 Å². The van der Waals surface area contributed by atoms with Gasteiger partial charge in [0.05, 0.1) is 19.3 Å². The molecule has 0 spiro atoms. The minimum atomic E-state index is 0.706. The number of benzene rings is 1. The fraction of sp³-hybridized carbons (Fsp3) is 0.316. The lowest BCUT2D eigenvalue weighted by atomic mass is 10.1. The standard InChI is InChI=1S/C19H25N7/c1-16-12-24-26(14-16)11-9-21-19(20-2)22-13-17-6-3-4-7-18(17)15-25-10-5-8-23-25/h3-8,10,12,14H,9,11,13,15H2,1-2H3,(H2,20,21,22). The lowest BCUT2D eigenvalue weighted by Gasteiger charge is -2.14. The molecular weight excluding hydrogens is 326 g/mol. The Morgan fingerprint density at radius 1 is 1.08 bits per heavy atom. The van der Waals surface area contributed by atoms with Crippen molar-refractivity contribution in [3.63, 3.8) is 0 Å². The molecular formula is C19H25N7. The summed E-state index contributed by atoms with van der Waals surface area (Å²) in [6.07, 6.45) is 7.67. The minimum Gasteiger partial charge on any atom is -0.355 e. The highest BCUT2D eigenvalue weighted by Gasteiger charge is 2.05. The van der Waals surface area contributed by atoms with Gasteiger partial charge in [-0.25, -0.2) is 0 Å². The Morgan fingerprint density at radius 3 is 2.62 bits per heavy atom. The third-order valence-electron chi connectivity index (χ3n) is 4.08. The Morgan fingerprint density at radius 2 is 1.92 bits per heavy atom. The zero-order chi connectivity index (χ0) is 18.2. The fourth-order valence-electron chi connectivity index (χ4n) is 2.73. The number of nitrogens with one attached hydrogen (secondary N) is 2. The van der Waals surface area contributed by atoms with Gasteiger partial charge >= 0.3 is 0 Å². The average molecular weight is 351 g/mol. The molecule has 0 atom stereocenters. The number of nitrogens with zero attached hydrogens (tertiary/aromatic N) is 5. The summed E-state index contributed by atoms with van der Waals surface area (Å²) < 4.78 is 3.85. The Balaban J connectivity index is 1.52. The van der Waals surface area contributed by atoms with E-state index in [-0.39, 0.29) is 0 Å². The number of aromatic nitrogens is 4. The van der Waals surface area contributed by atoms with Gasteiger partial charge in [-0.05, 0) is 29.7 Å². The molecule has 0 radical (unpaired) electrons. The lowest BCUT2D eigenvalue weighted by Crippen LogP contribution is -2.38. The summed E-state index contributed by atoms with van der Waals surface area (Å²) in [6.45, 7) is 5.06. The number of aryl methyl sites for hydroxylation is 1. The van der Waals surface area contributed by atoms with Crippen LogP contribution in [0.3, 0.4) is 0 Å². The Kier molecular flexibility index (Phi) is 6.03. The van der Waals surface area contributed by atoms with Crippen LogP contribution >= 0.6 is 0 Å². The molecule has 2 N–H and O–H groups in total. The predicted molar refractivity (Wildman–Crippen MR) is 103 cm³/mol. The first-order valence-corrected chi connectivity index (χ1v) is 8.72. The van der Waals surface area contributed by atoms with Gasteiger partial charge in [0.2, 0.25) is 0 Å². The largest absolute Gasteiger partial charge is 0.355 e. The van der Waals surface area contributed by atoms with E-state index in [1.54, 1.807) is 13.2 Å². The van der Waals surface area contributed by atoms with Gasteiger partial charge < -0.3 is 10.6 Å². The molecule has 0 bridgehead atoms. The molecule has 2 heterocycles. The summed E-state index contributed by atoms with van der Waals surface area (Å²) in [7, 11) is 1.78. The maximum absolute atomic E-state index is 4.29. The average Bonchev–Trinajstić information content (AvgIpc) is 3.31. The number of rotatable bonds is 7. The molecule has 136 valence electrons. The summed E-state index contributed by atoms with van der Waals surface area (Å²) in [6, 6.07) is 10.3. The smallest absolute Gasteiger partial charge is 0.191 e. The zero-order valence-corrected chi connectivity index (χ0v) is 15.3. The van der Waals surface area contributed by atoms with Crippen molar-refractivity contribution in [2.45, 2.75) is 26.6 Å². The van der Waals surface area contributed by atoms with Crippen molar-refractivity contribution in [1.82, 2.24) is 30.2 Å². The molecule has 0 saturated heterocycles. The second kappa shape index (κ2) is 8.84. The second-order valence-corrected chi connectivity index (χ2v) is 6.11. The van der Waals surface area contributed by atoms with Crippen LogP contribution in [0.25, 0.3) is 0 Å². The van der Waals surface area contributed by atoms with Crippen molar-refractivity contribution in [2.24, 2.45) is 4.99 Å². The van der Waals surface area contributed by atoms with Crippen LogP contribution < -0.4 is 10.6 Å². The van der Waals surface area contributed by atoms with Gasteiger partial charge in [-0.15, -0.1) is 0 Å². The van der Waals surface area contributed by atoms with Gasteiger partial charge in [0.1, 0.15) is 0 Å². The molecule has 0 fully saturated rings. The van der Waals surface area contributed by atoms with Crippen molar-refractivity contribution in [1.29, 1.82) is 0 Å². The Bertz CT molecular complexity index is 833. The van der Waals surface area contributed by atoms with Gasteiger partial charge in [-0.1, -0.05) is 24.3 Å². The van der Waals surface area contributed by atoms with Gasteiger partial charge in [-0.3, -0.25) is 14.4 Å². The van der Waals surface area contributed by atoms with Crippen LogP contribution in [0, 0.1) is 6.92 Å². The molecule has 0 aliphatic carbocycles. The molecule has 0 aliphatic rings. The van der Waals surface area contributed by atoms with E-state index < -0.39 is 0 Å². The molecule has 26 heavy (non-hydrogen) atoms. The topological polar surface area (TPSA) is 72.1 Å². The van der Waals surface area contributed by atoms with Gasteiger partial charge in [0.15, 0.2) is 5.96 Å². The summed E-state index contributed by atoms with van der Waals surface area (Å²) in [5, 5.41) is 15.3. The Labute approximate surface area is 153 Å². The van der Waals surface area contributed by atoms with E-state index in [1.165, 1.54) is 16.7 Å². The van der Waals surface area contributed by atoms with Crippen LogP contribution in [0.5, 0.6) is 0 Å². The molecule has 0 unspecified atom stereocenters. The van der Waals surface area contributed by atoms with Crippen LogP contribution in [0.4, 0.5) is 0 Å². The number of guanidine groups is 1. The van der Waals surface area contributed by atoms with Crippen LogP contribution in [0.2, 0.25) is 0 Å². The van der Waals surface area contributed by atoms with E-state index in [1.807, 2.05) is 40.9 Å². The molecule has 0 saturated carbocycles. The molecule has 0 amide bonds. The summed E-state index contributed by atoms with van der Waals surface area (Å²) in [5.74, 6) is 0.780. The molecule has 7 nitrogen and oxygen atoms in total. The van der Waals surface area contributed by atoms with Gasteiger partial charge in [0, 0.05) is 38.7 Å². The van der Waals surface area contributed by atoms with Crippen LogP contribution in [0.15, 0.2) is 60.1 Å². The first kappa shape index (κ1) is 17.7. The number of hydrogen-bond acceptors (Lipinski definition) is 3. The quantitative estimate of drug-likeness (QED) is 0.503. The minimum absolute atomic E-state index is 0.706. The van der Waals surface area contributed by atoms with E-state index in [2.05, 4.69) is 50.1 Å². The lowest BCUT2D eigenvalue weighted by molar-refractivity contribution is 0.597. The van der Waals surface area contributed by atoms with Crippen molar-refractivity contribution in [2.75, 3.05) is 13.6 Å².